The fourth-order valence-electron chi connectivity index (χ4n) is 1.84. The number of benzene rings is 1. The molecule has 0 bridgehead atoms. The number of aryl methyl sites for hydroxylation is 1. The highest BCUT2D eigenvalue weighted by atomic mass is 16.5. The zero-order valence-electron chi connectivity index (χ0n) is 13.1. The number of hydrogen-bond donors (Lipinski definition) is 1. The fourth-order valence-corrected chi connectivity index (χ4v) is 1.84. The largest absolute Gasteiger partial charge is 0.489 e. The van der Waals surface area contributed by atoms with E-state index in [4.69, 9.17) is 4.74 Å². The van der Waals surface area contributed by atoms with E-state index in [0.29, 0.717) is 0 Å². The van der Waals surface area contributed by atoms with E-state index in [-0.39, 0.29) is 11.6 Å². The third-order valence-electron chi connectivity index (χ3n) is 3.55. The van der Waals surface area contributed by atoms with Crippen molar-refractivity contribution in [2.24, 2.45) is 0 Å². The van der Waals surface area contributed by atoms with Gasteiger partial charge in [-0.3, -0.25) is 0 Å². The van der Waals surface area contributed by atoms with Crippen molar-refractivity contribution in [2.45, 2.75) is 65.5 Å². The molecular weight excluding hydrogens is 234 g/mol. The summed E-state index contributed by atoms with van der Waals surface area (Å²) in [5.41, 5.74) is 1.57. The molecule has 0 spiro atoms. The van der Waals surface area contributed by atoms with Crippen molar-refractivity contribution >= 4 is 0 Å². The van der Waals surface area contributed by atoms with Crippen LogP contribution < -0.4 is 10.1 Å². The molecule has 1 unspecified atom stereocenters. The summed E-state index contributed by atoms with van der Waals surface area (Å²) >= 11 is 0. The fraction of sp³-hybridized carbons (Fsp3) is 0.647. The maximum atomic E-state index is 5.92. The maximum absolute atomic E-state index is 5.92. The zero-order valence-corrected chi connectivity index (χ0v) is 13.1. The summed E-state index contributed by atoms with van der Waals surface area (Å²) in [6, 6.07) is 8.48. The van der Waals surface area contributed by atoms with Crippen molar-refractivity contribution in [2.75, 3.05) is 6.54 Å². The first-order chi connectivity index (χ1) is 8.96. The molecular formula is C17H29NO. The van der Waals surface area contributed by atoms with Gasteiger partial charge in [-0.15, -0.1) is 0 Å². The Morgan fingerprint density at radius 2 is 1.79 bits per heavy atom. The predicted octanol–water partition coefficient (Wildman–Crippen LogP) is 4.18. The molecule has 0 aromatic heterocycles. The Morgan fingerprint density at radius 1 is 1.16 bits per heavy atom. The number of rotatable bonds is 8. The summed E-state index contributed by atoms with van der Waals surface area (Å²) in [6.45, 7) is 11.8. The minimum absolute atomic E-state index is 0.183. The van der Waals surface area contributed by atoms with Crippen molar-refractivity contribution in [1.29, 1.82) is 0 Å². The third kappa shape index (κ3) is 6.11. The molecule has 1 N–H and O–H groups in total. The molecule has 0 saturated heterocycles. The van der Waals surface area contributed by atoms with Crippen LogP contribution in [-0.2, 0) is 6.42 Å². The molecule has 1 aromatic rings. The van der Waals surface area contributed by atoms with Crippen LogP contribution in [0, 0.1) is 0 Å². The van der Waals surface area contributed by atoms with Crippen molar-refractivity contribution in [1.82, 2.24) is 5.32 Å². The second kappa shape index (κ2) is 7.54. The van der Waals surface area contributed by atoms with Gasteiger partial charge in [-0.25, -0.2) is 0 Å². The van der Waals surface area contributed by atoms with Crippen LogP contribution in [0.25, 0.3) is 0 Å². The van der Waals surface area contributed by atoms with Gasteiger partial charge in [0.25, 0.3) is 0 Å². The molecule has 0 fully saturated rings. The molecule has 0 saturated carbocycles. The first-order valence-corrected chi connectivity index (χ1v) is 7.47. The summed E-state index contributed by atoms with van der Waals surface area (Å²) in [5.74, 6) is 0.962. The van der Waals surface area contributed by atoms with E-state index in [0.717, 1.165) is 25.1 Å². The molecule has 1 aromatic carbocycles. The lowest BCUT2D eigenvalue weighted by Crippen LogP contribution is -2.43. The van der Waals surface area contributed by atoms with Crippen LogP contribution in [0.4, 0.5) is 0 Å². The molecule has 0 amide bonds. The van der Waals surface area contributed by atoms with Gasteiger partial charge in [-0.2, -0.15) is 0 Å². The molecule has 0 aliphatic heterocycles. The Hall–Kier alpha value is -1.02. The third-order valence-corrected chi connectivity index (χ3v) is 3.55. The second-order valence-corrected chi connectivity index (χ2v) is 5.94. The van der Waals surface area contributed by atoms with Crippen molar-refractivity contribution in [3.05, 3.63) is 29.8 Å². The molecule has 1 atom stereocenters. The Kier molecular flexibility index (Phi) is 6.36. The monoisotopic (exact) mass is 263 g/mol. The molecule has 0 aliphatic rings. The maximum Gasteiger partial charge on any atom is 0.119 e. The van der Waals surface area contributed by atoms with E-state index in [1.807, 2.05) is 0 Å². The first-order valence-electron chi connectivity index (χ1n) is 7.47. The Bertz CT molecular complexity index is 356. The van der Waals surface area contributed by atoms with Crippen LogP contribution in [0.3, 0.4) is 0 Å². The van der Waals surface area contributed by atoms with E-state index in [1.165, 1.54) is 12.0 Å². The highest BCUT2D eigenvalue weighted by molar-refractivity contribution is 5.27. The van der Waals surface area contributed by atoms with Gasteiger partial charge in [-0.05, 0) is 51.3 Å². The van der Waals surface area contributed by atoms with Crippen LogP contribution in [0.15, 0.2) is 24.3 Å². The normalized spacial score (nSPS) is 13.3. The lowest BCUT2D eigenvalue weighted by atomic mass is 10.0. The molecule has 0 radical (unpaired) electrons. The quantitative estimate of drug-likeness (QED) is 0.759. The smallest absolute Gasteiger partial charge is 0.119 e. The van der Waals surface area contributed by atoms with Crippen molar-refractivity contribution in [3.63, 3.8) is 0 Å². The van der Waals surface area contributed by atoms with Crippen LogP contribution in [0.2, 0.25) is 0 Å². The van der Waals surface area contributed by atoms with Gasteiger partial charge in [0.1, 0.15) is 11.9 Å². The first kappa shape index (κ1) is 16.0. The number of nitrogens with one attached hydrogen (secondary N) is 1. The summed E-state index contributed by atoms with van der Waals surface area (Å²) in [6.07, 6.45) is 3.63. The van der Waals surface area contributed by atoms with Gasteiger partial charge in [-0.1, -0.05) is 32.4 Å². The molecule has 19 heavy (non-hydrogen) atoms. The van der Waals surface area contributed by atoms with Gasteiger partial charge in [0.2, 0.25) is 0 Å². The number of ether oxygens (including phenoxy) is 1. The predicted molar refractivity (Wildman–Crippen MR) is 82.9 cm³/mol. The van der Waals surface area contributed by atoms with E-state index >= 15 is 0 Å². The van der Waals surface area contributed by atoms with Crippen LogP contribution >= 0.6 is 0 Å². The summed E-state index contributed by atoms with van der Waals surface area (Å²) in [7, 11) is 0. The highest BCUT2D eigenvalue weighted by Gasteiger charge is 2.15. The van der Waals surface area contributed by atoms with Crippen LogP contribution in [-0.4, -0.2) is 18.2 Å². The van der Waals surface area contributed by atoms with Gasteiger partial charge in [0.05, 0.1) is 0 Å². The molecule has 0 aliphatic carbocycles. The Labute approximate surface area is 118 Å². The Balaban J connectivity index is 2.41. The summed E-state index contributed by atoms with van der Waals surface area (Å²) < 4.78 is 5.92. The molecule has 0 heterocycles. The standard InChI is InChI=1S/C17H29NO/c1-6-8-15-9-11-16(12-10-15)19-14(3)13-18-17(4,5)7-2/h9-12,14,18H,6-8,13H2,1-5H3. The van der Waals surface area contributed by atoms with Gasteiger partial charge in [0.15, 0.2) is 0 Å². The van der Waals surface area contributed by atoms with E-state index < -0.39 is 0 Å². The summed E-state index contributed by atoms with van der Waals surface area (Å²) in [4.78, 5) is 0. The van der Waals surface area contributed by atoms with Crippen LogP contribution in [0.1, 0.15) is 53.0 Å². The molecule has 2 heteroatoms. The average Bonchev–Trinajstić information content (AvgIpc) is 2.39. The average molecular weight is 263 g/mol. The second-order valence-electron chi connectivity index (χ2n) is 5.94. The lowest BCUT2D eigenvalue weighted by molar-refractivity contribution is 0.199. The van der Waals surface area contributed by atoms with Gasteiger partial charge >= 0.3 is 0 Å². The van der Waals surface area contributed by atoms with Gasteiger partial charge < -0.3 is 10.1 Å². The zero-order chi connectivity index (χ0) is 14.3. The summed E-state index contributed by atoms with van der Waals surface area (Å²) in [5, 5.41) is 3.54. The topological polar surface area (TPSA) is 21.3 Å². The lowest BCUT2D eigenvalue weighted by Gasteiger charge is -2.27. The highest BCUT2D eigenvalue weighted by Crippen LogP contribution is 2.15. The molecule has 108 valence electrons. The van der Waals surface area contributed by atoms with Crippen LogP contribution in [0.5, 0.6) is 5.75 Å². The molecule has 2 nitrogen and oxygen atoms in total. The van der Waals surface area contributed by atoms with E-state index in [2.05, 4.69) is 64.2 Å². The minimum atomic E-state index is 0.183. The molecule has 1 rings (SSSR count). The Morgan fingerprint density at radius 3 is 2.32 bits per heavy atom. The van der Waals surface area contributed by atoms with Gasteiger partial charge in [0, 0.05) is 12.1 Å². The SMILES string of the molecule is CCCc1ccc(OC(C)CNC(C)(C)CC)cc1. The van der Waals surface area contributed by atoms with Crippen molar-refractivity contribution < 1.29 is 4.74 Å². The van der Waals surface area contributed by atoms with Crippen molar-refractivity contribution in [3.8, 4) is 5.75 Å². The number of hydrogen-bond acceptors (Lipinski definition) is 2. The van der Waals surface area contributed by atoms with E-state index in [9.17, 15) is 0 Å². The minimum Gasteiger partial charge on any atom is -0.489 e. The van der Waals surface area contributed by atoms with E-state index in [1.54, 1.807) is 0 Å².